The molecular formula is C14H19N3O5S. The Labute approximate surface area is 134 Å². The summed E-state index contributed by atoms with van der Waals surface area (Å²) < 4.78 is 32.0. The van der Waals surface area contributed by atoms with E-state index in [1.165, 1.54) is 23.5 Å². The van der Waals surface area contributed by atoms with Crippen LogP contribution in [0.3, 0.4) is 0 Å². The Kier molecular flexibility index (Phi) is 4.26. The molecule has 126 valence electrons. The zero-order valence-corrected chi connectivity index (χ0v) is 13.6. The van der Waals surface area contributed by atoms with Crippen LogP contribution >= 0.6 is 0 Å². The van der Waals surface area contributed by atoms with Gasteiger partial charge in [-0.1, -0.05) is 0 Å². The van der Waals surface area contributed by atoms with E-state index < -0.39 is 20.6 Å². The molecule has 0 radical (unpaired) electrons. The number of hydrogen-bond donors (Lipinski definition) is 1. The van der Waals surface area contributed by atoms with E-state index in [4.69, 9.17) is 4.74 Å². The van der Waals surface area contributed by atoms with Gasteiger partial charge < -0.3 is 10.1 Å². The standard InChI is InChI=1S/C14H19N3O5S/c1-22-11-2-3-14(13(8-11)17(18)19)23(20,21)16-7-5-12-10(9-16)4-6-15-12/h2-3,8,10,12,15H,4-7,9H2,1H3. The SMILES string of the molecule is COc1ccc(S(=O)(=O)N2CCC3NCCC3C2)c([N+](=O)[O-])c1. The Bertz CT molecular complexity index is 721. The van der Waals surface area contributed by atoms with Gasteiger partial charge in [0.05, 0.1) is 18.1 Å². The molecule has 0 aliphatic carbocycles. The smallest absolute Gasteiger partial charge is 0.293 e. The number of fused-ring (bicyclic) bond motifs is 1. The van der Waals surface area contributed by atoms with Crippen molar-refractivity contribution >= 4 is 15.7 Å². The molecule has 0 aromatic heterocycles. The van der Waals surface area contributed by atoms with Crippen LogP contribution in [0.25, 0.3) is 0 Å². The highest BCUT2D eigenvalue weighted by molar-refractivity contribution is 7.89. The van der Waals surface area contributed by atoms with Gasteiger partial charge in [-0.05, 0) is 37.4 Å². The molecule has 2 fully saturated rings. The second-order valence-corrected chi connectivity index (χ2v) is 7.76. The Morgan fingerprint density at radius 3 is 2.87 bits per heavy atom. The van der Waals surface area contributed by atoms with E-state index >= 15 is 0 Å². The van der Waals surface area contributed by atoms with Crippen molar-refractivity contribution in [2.24, 2.45) is 5.92 Å². The number of ether oxygens (including phenoxy) is 1. The van der Waals surface area contributed by atoms with Crippen molar-refractivity contribution in [3.05, 3.63) is 28.3 Å². The van der Waals surface area contributed by atoms with Gasteiger partial charge in [0.1, 0.15) is 5.75 Å². The second kappa shape index (κ2) is 6.06. The summed E-state index contributed by atoms with van der Waals surface area (Å²) in [5.41, 5.74) is -0.448. The molecule has 0 saturated carbocycles. The monoisotopic (exact) mass is 341 g/mol. The average molecular weight is 341 g/mol. The lowest BCUT2D eigenvalue weighted by molar-refractivity contribution is -0.387. The highest BCUT2D eigenvalue weighted by Crippen LogP contribution is 2.33. The molecule has 2 unspecified atom stereocenters. The van der Waals surface area contributed by atoms with Gasteiger partial charge in [-0.3, -0.25) is 10.1 Å². The number of nitro groups is 1. The lowest BCUT2D eigenvalue weighted by Gasteiger charge is -2.33. The number of methoxy groups -OCH3 is 1. The third kappa shape index (κ3) is 2.91. The summed E-state index contributed by atoms with van der Waals surface area (Å²) in [6.07, 6.45) is 1.66. The molecule has 1 aromatic carbocycles. The van der Waals surface area contributed by atoms with Crippen molar-refractivity contribution in [3.8, 4) is 5.75 Å². The fraction of sp³-hybridized carbons (Fsp3) is 0.571. The topological polar surface area (TPSA) is 102 Å². The number of benzene rings is 1. The zero-order valence-electron chi connectivity index (χ0n) is 12.8. The summed E-state index contributed by atoms with van der Waals surface area (Å²) in [6.45, 7) is 1.68. The quantitative estimate of drug-likeness (QED) is 0.647. The van der Waals surface area contributed by atoms with E-state index in [0.717, 1.165) is 25.5 Å². The molecule has 23 heavy (non-hydrogen) atoms. The summed E-state index contributed by atoms with van der Waals surface area (Å²) in [5.74, 6) is 0.533. The minimum atomic E-state index is -3.89. The molecule has 2 saturated heterocycles. The third-order valence-electron chi connectivity index (χ3n) is 4.60. The number of nitrogens with one attached hydrogen (secondary N) is 1. The van der Waals surface area contributed by atoms with Crippen LogP contribution < -0.4 is 10.1 Å². The highest BCUT2D eigenvalue weighted by atomic mass is 32.2. The van der Waals surface area contributed by atoms with Crippen LogP contribution in [0.15, 0.2) is 23.1 Å². The Balaban J connectivity index is 1.95. The van der Waals surface area contributed by atoms with Crippen LogP contribution in [0.5, 0.6) is 5.75 Å². The number of rotatable bonds is 4. The molecule has 2 aliphatic heterocycles. The molecular weight excluding hydrogens is 322 g/mol. The van der Waals surface area contributed by atoms with Crippen LogP contribution in [0.4, 0.5) is 5.69 Å². The molecule has 1 N–H and O–H groups in total. The number of hydrogen-bond acceptors (Lipinski definition) is 6. The fourth-order valence-corrected chi connectivity index (χ4v) is 5.01. The van der Waals surface area contributed by atoms with E-state index in [9.17, 15) is 18.5 Å². The Hall–Kier alpha value is -1.71. The van der Waals surface area contributed by atoms with Crippen molar-refractivity contribution in [1.82, 2.24) is 9.62 Å². The van der Waals surface area contributed by atoms with E-state index in [1.807, 2.05) is 0 Å². The molecule has 1 aromatic rings. The minimum absolute atomic E-state index is 0.259. The first-order valence-corrected chi connectivity index (χ1v) is 8.93. The number of piperidine rings is 1. The molecule has 0 bridgehead atoms. The second-order valence-electron chi connectivity index (χ2n) is 5.85. The number of sulfonamides is 1. The summed E-state index contributed by atoms with van der Waals surface area (Å²) in [5, 5.41) is 14.6. The summed E-state index contributed by atoms with van der Waals surface area (Å²) in [7, 11) is -2.51. The largest absolute Gasteiger partial charge is 0.497 e. The average Bonchev–Trinajstić information content (AvgIpc) is 3.01. The van der Waals surface area contributed by atoms with Crippen molar-refractivity contribution < 1.29 is 18.1 Å². The molecule has 3 rings (SSSR count). The maximum atomic E-state index is 12.9. The van der Waals surface area contributed by atoms with Crippen LogP contribution in [0.2, 0.25) is 0 Å². The van der Waals surface area contributed by atoms with Gasteiger partial charge >= 0.3 is 0 Å². The number of nitrogens with zero attached hydrogens (tertiary/aromatic N) is 2. The summed E-state index contributed by atoms with van der Waals surface area (Å²) in [4.78, 5) is 10.3. The minimum Gasteiger partial charge on any atom is -0.497 e. The summed E-state index contributed by atoms with van der Waals surface area (Å²) >= 11 is 0. The van der Waals surface area contributed by atoms with E-state index in [0.29, 0.717) is 19.1 Å². The molecule has 2 atom stereocenters. The molecule has 2 heterocycles. The van der Waals surface area contributed by atoms with Crippen molar-refractivity contribution in [2.75, 3.05) is 26.7 Å². The van der Waals surface area contributed by atoms with Crippen molar-refractivity contribution in [3.63, 3.8) is 0 Å². The highest BCUT2D eigenvalue weighted by Gasteiger charge is 2.39. The van der Waals surface area contributed by atoms with Gasteiger partial charge in [0.25, 0.3) is 5.69 Å². The first kappa shape index (κ1) is 16.2. The molecule has 2 aliphatic rings. The van der Waals surface area contributed by atoms with Crippen LogP contribution in [-0.2, 0) is 10.0 Å². The lowest BCUT2D eigenvalue weighted by Crippen LogP contribution is -2.46. The van der Waals surface area contributed by atoms with Gasteiger partial charge in [-0.15, -0.1) is 0 Å². The first-order valence-electron chi connectivity index (χ1n) is 7.49. The number of nitro benzene ring substituents is 1. The molecule has 0 spiro atoms. The van der Waals surface area contributed by atoms with Crippen LogP contribution in [0, 0.1) is 16.0 Å². The van der Waals surface area contributed by atoms with E-state index in [-0.39, 0.29) is 16.6 Å². The van der Waals surface area contributed by atoms with Crippen LogP contribution in [-0.4, -0.2) is 50.4 Å². The van der Waals surface area contributed by atoms with Gasteiger partial charge in [0.2, 0.25) is 10.0 Å². The molecule has 0 amide bonds. The predicted octanol–water partition coefficient (Wildman–Crippen LogP) is 0.976. The predicted molar refractivity (Wildman–Crippen MR) is 82.9 cm³/mol. The maximum absolute atomic E-state index is 12.9. The first-order chi connectivity index (χ1) is 10.9. The van der Waals surface area contributed by atoms with E-state index in [1.54, 1.807) is 0 Å². The van der Waals surface area contributed by atoms with Crippen molar-refractivity contribution in [1.29, 1.82) is 0 Å². The van der Waals surface area contributed by atoms with Crippen LogP contribution in [0.1, 0.15) is 12.8 Å². The van der Waals surface area contributed by atoms with Gasteiger partial charge in [0, 0.05) is 19.1 Å². The Morgan fingerprint density at radius 1 is 1.39 bits per heavy atom. The molecule has 9 heteroatoms. The van der Waals surface area contributed by atoms with Crippen molar-refractivity contribution in [2.45, 2.75) is 23.8 Å². The third-order valence-corrected chi connectivity index (χ3v) is 6.51. The van der Waals surface area contributed by atoms with Gasteiger partial charge in [0.15, 0.2) is 4.90 Å². The maximum Gasteiger partial charge on any atom is 0.293 e. The van der Waals surface area contributed by atoms with Gasteiger partial charge in [-0.25, -0.2) is 8.42 Å². The molecule has 8 nitrogen and oxygen atoms in total. The fourth-order valence-electron chi connectivity index (χ4n) is 3.36. The zero-order chi connectivity index (χ0) is 16.6. The van der Waals surface area contributed by atoms with Gasteiger partial charge in [-0.2, -0.15) is 4.31 Å². The Morgan fingerprint density at radius 2 is 2.17 bits per heavy atom. The normalized spacial score (nSPS) is 25.1. The lowest BCUT2D eigenvalue weighted by atomic mass is 9.95. The van der Waals surface area contributed by atoms with E-state index in [2.05, 4.69) is 5.32 Å². The summed E-state index contributed by atoms with van der Waals surface area (Å²) in [6, 6.07) is 4.19.